The first-order valence-corrected chi connectivity index (χ1v) is 8.65. The van der Waals surface area contributed by atoms with Gasteiger partial charge in [0, 0.05) is 19.5 Å². The SMILES string of the molecule is CCCN(CCC)C(=N)Cc1ccc2cc(OCC)ccc2c1. The van der Waals surface area contributed by atoms with Crippen molar-refractivity contribution in [3.63, 3.8) is 0 Å². The van der Waals surface area contributed by atoms with Gasteiger partial charge in [0.05, 0.1) is 6.61 Å². The second-order valence-electron chi connectivity index (χ2n) is 5.89. The van der Waals surface area contributed by atoms with Crippen molar-refractivity contribution in [3.8, 4) is 5.75 Å². The number of hydrogen-bond donors (Lipinski definition) is 1. The summed E-state index contributed by atoms with van der Waals surface area (Å²) in [5.41, 5.74) is 1.20. The lowest BCUT2D eigenvalue weighted by Crippen LogP contribution is -2.33. The van der Waals surface area contributed by atoms with E-state index in [2.05, 4.69) is 49.1 Å². The van der Waals surface area contributed by atoms with Crippen molar-refractivity contribution in [1.82, 2.24) is 4.90 Å². The highest BCUT2D eigenvalue weighted by atomic mass is 16.5. The van der Waals surface area contributed by atoms with Crippen molar-refractivity contribution in [2.45, 2.75) is 40.0 Å². The van der Waals surface area contributed by atoms with Gasteiger partial charge in [-0.25, -0.2) is 0 Å². The first-order valence-electron chi connectivity index (χ1n) is 8.65. The fourth-order valence-electron chi connectivity index (χ4n) is 2.87. The van der Waals surface area contributed by atoms with Gasteiger partial charge < -0.3 is 9.64 Å². The fourth-order valence-corrected chi connectivity index (χ4v) is 2.87. The zero-order valence-corrected chi connectivity index (χ0v) is 14.6. The fraction of sp³-hybridized carbons (Fsp3) is 0.450. The highest BCUT2D eigenvalue weighted by Crippen LogP contribution is 2.22. The van der Waals surface area contributed by atoms with Crippen LogP contribution in [0.2, 0.25) is 0 Å². The second kappa shape index (κ2) is 8.56. The molecule has 0 spiro atoms. The normalized spacial score (nSPS) is 10.7. The standard InChI is InChI=1S/C20H28N2O/c1-4-11-22(12-5-2)20(21)14-16-7-8-18-15-19(23-6-3)10-9-17(18)13-16/h7-10,13,15,21H,4-6,11-12,14H2,1-3H3. The largest absolute Gasteiger partial charge is 0.494 e. The van der Waals surface area contributed by atoms with E-state index in [0.29, 0.717) is 13.0 Å². The Bertz CT molecular complexity index is 645. The molecule has 2 aromatic carbocycles. The zero-order valence-electron chi connectivity index (χ0n) is 14.6. The molecule has 23 heavy (non-hydrogen) atoms. The highest BCUT2D eigenvalue weighted by molar-refractivity contribution is 5.87. The molecular formula is C20H28N2O. The Morgan fingerprint density at radius 2 is 1.61 bits per heavy atom. The van der Waals surface area contributed by atoms with Crippen LogP contribution in [0.15, 0.2) is 36.4 Å². The highest BCUT2D eigenvalue weighted by Gasteiger charge is 2.09. The third kappa shape index (κ3) is 4.72. The number of rotatable bonds is 8. The lowest BCUT2D eigenvalue weighted by molar-refractivity contribution is 0.341. The summed E-state index contributed by atoms with van der Waals surface area (Å²) in [5, 5.41) is 10.8. The van der Waals surface area contributed by atoms with Crippen LogP contribution in [0, 0.1) is 5.41 Å². The summed E-state index contributed by atoms with van der Waals surface area (Å²) >= 11 is 0. The topological polar surface area (TPSA) is 36.3 Å². The van der Waals surface area contributed by atoms with E-state index in [1.807, 2.05) is 13.0 Å². The van der Waals surface area contributed by atoms with E-state index < -0.39 is 0 Å². The van der Waals surface area contributed by atoms with Gasteiger partial charge in [0.1, 0.15) is 11.6 Å². The van der Waals surface area contributed by atoms with Crippen molar-refractivity contribution in [2.24, 2.45) is 0 Å². The molecule has 0 fully saturated rings. The Morgan fingerprint density at radius 3 is 2.26 bits per heavy atom. The molecule has 0 radical (unpaired) electrons. The summed E-state index contributed by atoms with van der Waals surface area (Å²) in [7, 11) is 0. The molecule has 1 N–H and O–H groups in total. The Labute approximate surface area is 139 Å². The number of benzene rings is 2. The van der Waals surface area contributed by atoms with Crippen LogP contribution in [-0.4, -0.2) is 30.4 Å². The van der Waals surface area contributed by atoms with Crippen LogP contribution in [0.5, 0.6) is 5.75 Å². The maximum absolute atomic E-state index is 8.39. The average Bonchev–Trinajstić information content (AvgIpc) is 2.55. The Balaban J connectivity index is 2.13. The van der Waals surface area contributed by atoms with Gasteiger partial charge in [-0.05, 0) is 48.2 Å². The lowest BCUT2D eigenvalue weighted by Gasteiger charge is -2.24. The molecule has 3 heteroatoms. The molecule has 2 aromatic rings. The van der Waals surface area contributed by atoms with Crippen LogP contribution in [0.3, 0.4) is 0 Å². The van der Waals surface area contributed by atoms with Gasteiger partial charge >= 0.3 is 0 Å². The van der Waals surface area contributed by atoms with Crippen LogP contribution >= 0.6 is 0 Å². The van der Waals surface area contributed by atoms with Crippen molar-refractivity contribution < 1.29 is 4.74 Å². The predicted octanol–water partition coefficient (Wildman–Crippen LogP) is 4.88. The molecule has 0 aliphatic carbocycles. The third-order valence-electron chi connectivity index (χ3n) is 3.93. The van der Waals surface area contributed by atoms with Gasteiger partial charge in [0.15, 0.2) is 0 Å². The number of hydrogen-bond acceptors (Lipinski definition) is 2. The van der Waals surface area contributed by atoms with Crippen molar-refractivity contribution >= 4 is 16.6 Å². The number of ether oxygens (including phenoxy) is 1. The molecule has 0 unspecified atom stereocenters. The summed E-state index contributed by atoms with van der Waals surface area (Å²) < 4.78 is 5.55. The molecule has 0 saturated heterocycles. The van der Waals surface area contributed by atoms with E-state index in [1.165, 1.54) is 16.3 Å². The minimum absolute atomic E-state index is 0.686. The van der Waals surface area contributed by atoms with Gasteiger partial charge in [-0.1, -0.05) is 38.1 Å². The van der Waals surface area contributed by atoms with E-state index >= 15 is 0 Å². The summed E-state index contributed by atoms with van der Waals surface area (Å²) in [6, 6.07) is 12.6. The number of nitrogens with zero attached hydrogens (tertiary/aromatic N) is 1. The molecule has 0 aliphatic heterocycles. The molecule has 0 aromatic heterocycles. The van der Waals surface area contributed by atoms with Crippen molar-refractivity contribution in [1.29, 1.82) is 5.41 Å². The monoisotopic (exact) mass is 312 g/mol. The van der Waals surface area contributed by atoms with Gasteiger partial charge in [-0.2, -0.15) is 0 Å². The molecule has 0 atom stereocenters. The Hall–Kier alpha value is -2.03. The molecule has 3 nitrogen and oxygen atoms in total. The molecule has 0 heterocycles. The van der Waals surface area contributed by atoms with Crippen LogP contribution < -0.4 is 4.74 Å². The molecule has 0 bridgehead atoms. The van der Waals surface area contributed by atoms with Crippen LogP contribution in [0.25, 0.3) is 10.8 Å². The van der Waals surface area contributed by atoms with Gasteiger partial charge in [0.25, 0.3) is 0 Å². The van der Waals surface area contributed by atoms with E-state index in [9.17, 15) is 0 Å². The average molecular weight is 312 g/mol. The van der Waals surface area contributed by atoms with Gasteiger partial charge in [-0.15, -0.1) is 0 Å². The van der Waals surface area contributed by atoms with Crippen LogP contribution in [0.1, 0.15) is 39.2 Å². The first-order chi connectivity index (χ1) is 11.2. The van der Waals surface area contributed by atoms with Crippen LogP contribution in [-0.2, 0) is 6.42 Å². The summed E-state index contributed by atoms with van der Waals surface area (Å²) in [4.78, 5) is 2.20. The maximum atomic E-state index is 8.39. The molecule has 124 valence electrons. The van der Waals surface area contributed by atoms with E-state index in [-0.39, 0.29) is 0 Å². The smallest absolute Gasteiger partial charge is 0.119 e. The predicted molar refractivity (Wildman–Crippen MR) is 98.7 cm³/mol. The van der Waals surface area contributed by atoms with Gasteiger partial charge in [0.2, 0.25) is 0 Å². The van der Waals surface area contributed by atoms with Crippen molar-refractivity contribution in [3.05, 3.63) is 42.0 Å². The Morgan fingerprint density at radius 1 is 0.957 bits per heavy atom. The van der Waals surface area contributed by atoms with E-state index in [4.69, 9.17) is 10.1 Å². The maximum Gasteiger partial charge on any atom is 0.119 e. The molecule has 0 saturated carbocycles. The molecule has 0 amide bonds. The van der Waals surface area contributed by atoms with E-state index in [1.54, 1.807) is 0 Å². The quantitative estimate of drug-likeness (QED) is 0.557. The van der Waals surface area contributed by atoms with Gasteiger partial charge in [-0.3, -0.25) is 5.41 Å². The number of amidine groups is 1. The lowest BCUT2D eigenvalue weighted by atomic mass is 10.0. The summed E-state index contributed by atoms with van der Waals surface area (Å²) in [6.45, 7) is 8.96. The first kappa shape index (κ1) is 17.3. The summed E-state index contributed by atoms with van der Waals surface area (Å²) in [5.74, 6) is 1.64. The minimum Gasteiger partial charge on any atom is -0.494 e. The van der Waals surface area contributed by atoms with Crippen molar-refractivity contribution in [2.75, 3.05) is 19.7 Å². The molecule has 0 aliphatic rings. The zero-order chi connectivity index (χ0) is 16.7. The number of fused-ring (bicyclic) bond motifs is 1. The van der Waals surface area contributed by atoms with E-state index in [0.717, 1.165) is 37.5 Å². The third-order valence-corrected chi connectivity index (χ3v) is 3.93. The number of nitrogens with one attached hydrogen (secondary N) is 1. The molecular weight excluding hydrogens is 284 g/mol. The minimum atomic E-state index is 0.686. The molecule has 2 rings (SSSR count). The summed E-state index contributed by atoms with van der Waals surface area (Å²) in [6.07, 6.45) is 2.86. The second-order valence-corrected chi connectivity index (χ2v) is 5.89. The van der Waals surface area contributed by atoms with Crippen LogP contribution in [0.4, 0.5) is 0 Å². The Kier molecular flexibility index (Phi) is 6.45.